The van der Waals surface area contributed by atoms with Gasteiger partial charge in [-0.3, -0.25) is 4.90 Å². The lowest BCUT2D eigenvalue weighted by molar-refractivity contribution is 0.0327. The molecule has 3 rings (SSSR count). The smallest absolute Gasteiger partial charge is 0.115 e. The van der Waals surface area contributed by atoms with E-state index in [2.05, 4.69) is 31.4 Å². The van der Waals surface area contributed by atoms with E-state index in [0.717, 1.165) is 25.9 Å². The number of piperidine rings is 1. The second kappa shape index (κ2) is 4.92. The van der Waals surface area contributed by atoms with E-state index < -0.39 is 0 Å². The van der Waals surface area contributed by atoms with Crippen molar-refractivity contribution in [2.45, 2.75) is 44.6 Å². The second-order valence-corrected chi connectivity index (χ2v) is 6.68. The Hall–Kier alpha value is -1.28. The Morgan fingerprint density at radius 2 is 2.30 bits per heavy atom. The molecule has 1 saturated heterocycles. The van der Waals surface area contributed by atoms with Gasteiger partial charge in [-0.25, -0.2) is 0 Å². The van der Waals surface area contributed by atoms with Crippen molar-refractivity contribution in [1.82, 2.24) is 4.90 Å². The monoisotopic (exact) mass is 271 g/mol. The topological polar surface area (TPSA) is 23.5 Å². The highest BCUT2D eigenvalue weighted by Crippen LogP contribution is 2.49. The van der Waals surface area contributed by atoms with E-state index in [1.165, 1.54) is 17.5 Å². The molecule has 1 heterocycles. The number of hydrogen-bond acceptors (Lipinski definition) is 2. The molecule has 2 bridgehead atoms. The summed E-state index contributed by atoms with van der Waals surface area (Å²) >= 11 is 0. The molecule has 1 N–H and O–H groups in total. The van der Waals surface area contributed by atoms with Crippen LogP contribution in [0, 0.1) is 5.92 Å². The lowest BCUT2D eigenvalue weighted by atomic mass is 9.59. The average molecular weight is 271 g/mol. The fourth-order valence-corrected chi connectivity index (χ4v) is 4.23. The van der Waals surface area contributed by atoms with Gasteiger partial charge in [-0.1, -0.05) is 26.0 Å². The predicted molar refractivity (Wildman–Crippen MR) is 83.1 cm³/mol. The minimum absolute atomic E-state index is 0.210. The number of nitrogens with zero attached hydrogens (tertiary/aromatic N) is 1. The highest BCUT2D eigenvalue weighted by molar-refractivity contribution is 5.44. The van der Waals surface area contributed by atoms with Crippen LogP contribution in [0.15, 0.2) is 30.9 Å². The molecule has 1 aliphatic carbocycles. The van der Waals surface area contributed by atoms with Crippen molar-refractivity contribution in [3.63, 3.8) is 0 Å². The molecule has 2 nitrogen and oxygen atoms in total. The van der Waals surface area contributed by atoms with E-state index in [9.17, 15) is 5.11 Å². The Balaban J connectivity index is 1.97. The summed E-state index contributed by atoms with van der Waals surface area (Å²) in [5.74, 6) is 1.04. The predicted octanol–water partition coefficient (Wildman–Crippen LogP) is 3.49. The highest BCUT2D eigenvalue weighted by atomic mass is 16.3. The summed E-state index contributed by atoms with van der Waals surface area (Å²) in [6.45, 7) is 10.9. The number of likely N-dealkylation sites (tertiary alicyclic amines) is 1. The molecule has 0 radical (unpaired) electrons. The number of benzene rings is 1. The van der Waals surface area contributed by atoms with Crippen LogP contribution in [0.5, 0.6) is 5.75 Å². The first-order valence-corrected chi connectivity index (χ1v) is 7.73. The van der Waals surface area contributed by atoms with Crippen LogP contribution in [0.4, 0.5) is 0 Å². The minimum atomic E-state index is 0.210. The standard InChI is InChI=1S/C18H25NO/c1-4-5-9-19-10-8-18(3)13(2)17(19)11-14-6-7-15(20)12-16(14)18/h4,6-7,12-13,17,20H,1,5,8-11H2,2-3H3/t13-,17-,18-/m0/s1. The summed E-state index contributed by atoms with van der Waals surface area (Å²) < 4.78 is 0. The third-order valence-corrected chi connectivity index (χ3v) is 5.73. The fourth-order valence-electron chi connectivity index (χ4n) is 4.23. The number of rotatable bonds is 3. The molecule has 1 aromatic carbocycles. The molecule has 1 aromatic rings. The van der Waals surface area contributed by atoms with Gasteiger partial charge in [-0.15, -0.1) is 6.58 Å². The van der Waals surface area contributed by atoms with Gasteiger partial charge in [-0.2, -0.15) is 0 Å². The molecular weight excluding hydrogens is 246 g/mol. The molecule has 0 amide bonds. The maximum Gasteiger partial charge on any atom is 0.115 e. The van der Waals surface area contributed by atoms with Crippen LogP contribution in [0.3, 0.4) is 0 Å². The zero-order valence-corrected chi connectivity index (χ0v) is 12.6. The molecule has 1 aliphatic heterocycles. The molecular formula is C18H25NO. The second-order valence-electron chi connectivity index (χ2n) is 6.68. The number of hydrogen-bond donors (Lipinski definition) is 1. The van der Waals surface area contributed by atoms with Gasteiger partial charge >= 0.3 is 0 Å². The third kappa shape index (κ3) is 1.98. The van der Waals surface area contributed by atoms with Crippen LogP contribution < -0.4 is 0 Å². The average Bonchev–Trinajstić information content (AvgIpc) is 2.43. The highest BCUT2D eigenvalue weighted by Gasteiger charge is 2.48. The van der Waals surface area contributed by atoms with E-state index in [4.69, 9.17) is 0 Å². The zero-order chi connectivity index (χ0) is 14.3. The van der Waals surface area contributed by atoms with Crippen molar-refractivity contribution in [2.24, 2.45) is 5.92 Å². The van der Waals surface area contributed by atoms with E-state index in [1.807, 2.05) is 18.2 Å². The maximum absolute atomic E-state index is 9.83. The Morgan fingerprint density at radius 3 is 3.05 bits per heavy atom. The van der Waals surface area contributed by atoms with Gasteiger partial charge in [-0.05, 0) is 60.4 Å². The van der Waals surface area contributed by atoms with Crippen molar-refractivity contribution < 1.29 is 5.11 Å². The van der Waals surface area contributed by atoms with Crippen LogP contribution in [0.2, 0.25) is 0 Å². The Kier molecular flexibility index (Phi) is 3.37. The lowest BCUT2D eigenvalue weighted by Gasteiger charge is -2.54. The summed E-state index contributed by atoms with van der Waals surface area (Å²) in [6, 6.07) is 6.59. The number of aromatic hydroxyl groups is 1. The number of phenolic OH excluding ortho intramolecular Hbond substituents is 1. The van der Waals surface area contributed by atoms with Crippen molar-refractivity contribution in [3.8, 4) is 5.75 Å². The first-order chi connectivity index (χ1) is 9.56. The molecule has 0 aromatic heterocycles. The summed E-state index contributed by atoms with van der Waals surface area (Å²) in [4.78, 5) is 2.64. The van der Waals surface area contributed by atoms with E-state index in [1.54, 1.807) is 0 Å². The molecule has 2 aliphatic rings. The molecule has 0 saturated carbocycles. The van der Waals surface area contributed by atoms with Gasteiger partial charge < -0.3 is 5.11 Å². The van der Waals surface area contributed by atoms with Gasteiger partial charge in [0.1, 0.15) is 5.75 Å². The maximum atomic E-state index is 9.83. The van der Waals surface area contributed by atoms with Gasteiger partial charge in [0.2, 0.25) is 0 Å². The quantitative estimate of drug-likeness (QED) is 0.851. The van der Waals surface area contributed by atoms with Crippen molar-refractivity contribution in [2.75, 3.05) is 13.1 Å². The molecule has 108 valence electrons. The number of fused-ring (bicyclic) bond motifs is 4. The van der Waals surface area contributed by atoms with Crippen LogP contribution in [-0.2, 0) is 11.8 Å². The van der Waals surface area contributed by atoms with Crippen LogP contribution >= 0.6 is 0 Å². The SMILES string of the molecule is C=CCCN1CC[C@]2(C)c3cc(O)ccc3C[C@H]1[C@@H]2C. The van der Waals surface area contributed by atoms with Gasteiger partial charge in [0.05, 0.1) is 0 Å². The Bertz CT molecular complexity index is 524. The number of phenols is 1. The van der Waals surface area contributed by atoms with Crippen LogP contribution in [-0.4, -0.2) is 29.1 Å². The minimum Gasteiger partial charge on any atom is -0.508 e. The van der Waals surface area contributed by atoms with E-state index in [0.29, 0.717) is 17.7 Å². The van der Waals surface area contributed by atoms with E-state index >= 15 is 0 Å². The molecule has 20 heavy (non-hydrogen) atoms. The van der Waals surface area contributed by atoms with Crippen molar-refractivity contribution in [3.05, 3.63) is 42.0 Å². The summed E-state index contributed by atoms with van der Waals surface area (Å²) in [5.41, 5.74) is 3.02. The van der Waals surface area contributed by atoms with Crippen LogP contribution in [0.25, 0.3) is 0 Å². The molecule has 1 fully saturated rings. The molecule has 2 heteroatoms. The first kappa shape index (κ1) is 13.7. The first-order valence-electron chi connectivity index (χ1n) is 7.73. The lowest BCUT2D eigenvalue weighted by Crippen LogP contribution is -2.58. The Morgan fingerprint density at radius 1 is 1.50 bits per heavy atom. The molecule has 0 spiro atoms. The summed E-state index contributed by atoms with van der Waals surface area (Å²) in [6.07, 6.45) is 5.39. The summed E-state index contributed by atoms with van der Waals surface area (Å²) in [7, 11) is 0. The normalized spacial score (nSPS) is 32.7. The van der Waals surface area contributed by atoms with Gasteiger partial charge in [0, 0.05) is 12.6 Å². The molecule has 3 atom stereocenters. The van der Waals surface area contributed by atoms with Crippen LogP contribution in [0.1, 0.15) is 37.8 Å². The van der Waals surface area contributed by atoms with Crippen molar-refractivity contribution >= 4 is 0 Å². The fraction of sp³-hybridized carbons (Fsp3) is 0.556. The van der Waals surface area contributed by atoms with Crippen molar-refractivity contribution in [1.29, 1.82) is 0 Å². The Labute approximate surface area is 122 Å². The zero-order valence-electron chi connectivity index (χ0n) is 12.6. The van der Waals surface area contributed by atoms with Gasteiger partial charge in [0.25, 0.3) is 0 Å². The van der Waals surface area contributed by atoms with E-state index in [-0.39, 0.29) is 5.41 Å². The van der Waals surface area contributed by atoms with Gasteiger partial charge in [0.15, 0.2) is 0 Å². The third-order valence-electron chi connectivity index (χ3n) is 5.73. The largest absolute Gasteiger partial charge is 0.508 e. The summed E-state index contributed by atoms with van der Waals surface area (Å²) in [5, 5.41) is 9.83. The molecule has 0 unspecified atom stereocenters.